The second-order valence-corrected chi connectivity index (χ2v) is 10.2. The molecule has 186 valence electrons. The molecule has 1 atom stereocenters. The number of piperidine rings is 1. The molecular weight excluding hydrogens is 452 g/mol. The van der Waals surface area contributed by atoms with Crippen LogP contribution in [0.3, 0.4) is 0 Å². The van der Waals surface area contributed by atoms with Gasteiger partial charge in [0.15, 0.2) is 0 Å². The largest absolute Gasteiger partial charge is 0.493 e. The van der Waals surface area contributed by atoms with Gasteiger partial charge in [-0.25, -0.2) is 0 Å². The van der Waals surface area contributed by atoms with Crippen LogP contribution in [0.4, 0.5) is 0 Å². The summed E-state index contributed by atoms with van der Waals surface area (Å²) >= 11 is 6.20. The highest BCUT2D eigenvalue weighted by atomic mass is 35.5. The summed E-state index contributed by atoms with van der Waals surface area (Å²) in [5, 5.41) is 5.35. The van der Waals surface area contributed by atoms with E-state index in [9.17, 15) is 4.79 Å². The number of amides is 1. The monoisotopic (exact) mass is 488 g/mol. The number of rotatable bonds is 8. The third-order valence-electron chi connectivity index (χ3n) is 7.07. The van der Waals surface area contributed by atoms with E-state index in [0.717, 1.165) is 61.1 Å². The van der Waals surface area contributed by atoms with Gasteiger partial charge in [0, 0.05) is 61.3 Å². The molecule has 0 saturated carbocycles. The number of ether oxygens (including phenoxy) is 2. The van der Waals surface area contributed by atoms with Crippen molar-refractivity contribution >= 4 is 17.5 Å². The number of carbonyl (C=O) groups is 1. The van der Waals surface area contributed by atoms with E-state index < -0.39 is 0 Å². The molecule has 0 aliphatic carbocycles. The Morgan fingerprint density at radius 2 is 2.03 bits per heavy atom. The molecular formula is C26H37ClN4O3. The fraction of sp³-hybridized carbons (Fsp3) is 0.615. The predicted molar refractivity (Wildman–Crippen MR) is 133 cm³/mol. The molecule has 0 bridgehead atoms. The molecule has 2 aliphatic rings. The number of benzene rings is 1. The molecule has 1 amide bonds. The van der Waals surface area contributed by atoms with E-state index in [1.807, 2.05) is 34.7 Å². The van der Waals surface area contributed by atoms with Crippen LogP contribution >= 0.6 is 11.6 Å². The van der Waals surface area contributed by atoms with Crippen LogP contribution in [0.25, 0.3) is 0 Å². The SMILES string of the molecule is CCn1cc(CN2CCC[C@](COc3ccc(Cl)c(C)c3)(CC(=O)N3CCOCC3)C2)c(C)n1. The molecule has 0 radical (unpaired) electrons. The third-order valence-corrected chi connectivity index (χ3v) is 7.49. The van der Waals surface area contributed by atoms with Crippen LogP contribution in [0.1, 0.15) is 43.0 Å². The number of halogens is 1. The molecule has 2 saturated heterocycles. The van der Waals surface area contributed by atoms with Crippen molar-refractivity contribution in [3.63, 3.8) is 0 Å². The molecule has 2 fully saturated rings. The highest BCUT2D eigenvalue weighted by molar-refractivity contribution is 6.31. The zero-order chi connectivity index (χ0) is 24.1. The lowest BCUT2D eigenvalue weighted by molar-refractivity contribution is -0.139. The lowest BCUT2D eigenvalue weighted by Gasteiger charge is -2.43. The van der Waals surface area contributed by atoms with Crippen molar-refractivity contribution in [2.45, 2.75) is 53.1 Å². The normalized spacial score (nSPS) is 21.6. The van der Waals surface area contributed by atoms with Gasteiger partial charge in [-0.1, -0.05) is 11.6 Å². The maximum absolute atomic E-state index is 13.3. The minimum absolute atomic E-state index is 0.205. The lowest BCUT2D eigenvalue weighted by atomic mass is 9.77. The summed E-state index contributed by atoms with van der Waals surface area (Å²) in [7, 11) is 0. The Labute approximate surface area is 207 Å². The summed E-state index contributed by atoms with van der Waals surface area (Å²) in [6, 6.07) is 5.76. The van der Waals surface area contributed by atoms with Crippen LogP contribution in [-0.2, 0) is 22.6 Å². The maximum atomic E-state index is 13.3. The van der Waals surface area contributed by atoms with Gasteiger partial charge in [-0.05, 0) is 63.9 Å². The lowest BCUT2D eigenvalue weighted by Crippen LogP contribution is -2.50. The molecule has 0 spiro atoms. The number of nitrogens with zero attached hydrogens (tertiary/aromatic N) is 4. The number of hydrogen-bond acceptors (Lipinski definition) is 5. The van der Waals surface area contributed by atoms with Gasteiger partial charge in [-0.3, -0.25) is 14.4 Å². The van der Waals surface area contributed by atoms with E-state index in [1.165, 1.54) is 5.56 Å². The van der Waals surface area contributed by atoms with Crippen LogP contribution in [-0.4, -0.2) is 71.5 Å². The summed E-state index contributed by atoms with van der Waals surface area (Å²) in [4.78, 5) is 17.7. The van der Waals surface area contributed by atoms with Crippen LogP contribution in [0.5, 0.6) is 5.75 Å². The van der Waals surface area contributed by atoms with E-state index in [2.05, 4.69) is 30.0 Å². The molecule has 3 heterocycles. The predicted octanol–water partition coefficient (Wildman–Crippen LogP) is 4.08. The molecule has 1 aromatic heterocycles. The van der Waals surface area contributed by atoms with E-state index in [1.54, 1.807) is 0 Å². The van der Waals surface area contributed by atoms with Crippen molar-refractivity contribution in [1.29, 1.82) is 0 Å². The summed E-state index contributed by atoms with van der Waals surface area (Å²) < 4.78 is 13.8. The first-order chi connectivity index (χ1) is 16.4. The fourth-order valence-corrected chi connectivity index (χ4v) is 5.18. The molecule has 0 N–H and O–H groups in total. The van der Waals surface area contributed by atoms with Gasteiger partial charge in [-0.2, -0.15) is 5.10 Å². The van der Waals surface area contributed by atoms with Crippen molar-refractivity contribution in [2.24, 2.45) is 5.41 Å². The van der Waals surface area contributed by atoms with E-state index in [4.69, 9.17) is 21.1 Å². The molecule has 8 heteroatoms. The zero-order valence-electron chi connectivity index (χ0n) is 20.7. The van der Waals surface area contributed by atoms with Gasteiger partial charge in [0.25, 0.3) is 0 Å². The number of morpholine rings is 1. The Hall–Kier alpha value is -2.09. The Bertz CT molecular complexity index is 988. The molecule has 1 aromatic carbocycles. The second-order valence-electron chi connectivity index (χ2n) is 9.78. The van der Waals surface area contributed by atoms with Crippen molar-refractivity contribution < 1.29 is 14.3 Å². The molecule has 2 aliphatic heterocycles. The first-order valence-electron chi connectivity index (χ1n) is 12.4. The Morgan fingerprint density at radius 3 is 2.74 bits per heavy atom. The highest BCUT2D eigenvalue weighted by Crippen LogP contribution is 2.36. The fourth-order valence-electron chi connectivity index (χ4n) is 5.06. The van der Waals surface area contributed by atoms with Crippen molar-refractivity contribution in [2.75, 3.05) is 46.0 Å². The number of carbonyl (C=O) groups excluding carboxylic acids is 1. The quantitative estimate of drug-likeness (QED) is 0.560. The Kier molecular flexibility index (Phi) is 8.17. The summed E-state index contributed by atoms with van der Waals surface area (Å²) in [5.41, 5.74) is 3.09. The third kappa shape index (κ3) is 6.12. The topological polar surface area (TPSA) is 59.8 Å². The van der Waals surface area contributed by atoms with Crippen LogP contribution in [0.2, 0.25) is 5.02 Å². The highest BCUT2D eigenvalue weighted by Gasteiger charge is 2.40. The van der Waals surface area contributed by atoms with Crippen LogP contribution in [0, 0.1) is 19.3 Å². The smallest absolute Gasteiger partial charge is 0.223 e. The average Bonchev–Trinajstić information content (AvgIpc) is 3.20. The van der Waals surface area contributed by atoms with Crippen LogP contribution < -0.4 is 4.74 Å². The summed E-state index contributed by atoms with van der Waals surface area (Å²) in [5.74, 6) is 1.01. The zero-order valence-corrected chi connectivity index (χ0v) is 21.4. The van der Waals surface area contributed by atoms with Gasteiger partial charge in [-0.15, -0.1) is 0 Å². The van der Waals surface area contributed by atoms with E-state index in [0.29, 0.717) is 39.3 Å². The second kappa shape index (κ2) is 11.1. The van der Waals surface area contributed by atoms with E-state index in [-0.39, 0.29) is 11.3 Å². The Morgan fingerprint density at radius 1 is 1.24 bits per heavy atom. The first-order valence-corrected chi connectivity index (χ1v) is 12.7. The molecule has 4 rings (SSSR count). The molecule has 7 nitrogen and oxygen atoms in total. The van der Waals surface area contributed by atoms with Gasteiger partial charge >= 0.3 is 0 Å². The molecule has 2 aromatic rings. The molecule has 0 unspecified atom stereocenters. The van der Waals surface area contributed by atoms with Gasteiger partial charge in [0.2, 0.25) is 5.91 Å². The maximum Gasteiger partial charge on any atom is 0.223 e. The number of aromatic nitrogens is 2. The first kappa shape index (κ1) is 25.0. The van der Waals surface area contributed by atoms with Crippen molar-refractivity contribution in [3.05, 3.63) is 46.2 Å². The van der Waals surface area contributed by atoms with Gasteiger partial charge in [0.1, 0.15) is 5.75 Å². The summed E-state index contributed by atoms with van der Waals surface area (Å²) in [6.45, 7) is 12.8. The minimum Gasteiger partial charge on any atom is -0.493 e. The minimum atomic E-state index is -0.240. The summed E-state index contributed by atoms with van der Waals surface area (Å²) in [6.07, 6.45) is 4.65. The standard InChI is InChI=1S/C26H37ClN4O3/c1-4-31-17-22(21(3)28-31)16-29-9-5-8-26(18-29,15-25(32)30-10-12-33-13-11-30)19-34-23-6-7-24(27)20(2)14-23/h6-7,14,17H,4-5,8-13,15-16,18-19H2,1-3H3/t26-/m0/s1. The van der Waals surface area contributed by atoms with Gasteiger partial charge in [0.05, 0.1) is 25.5 Å². The number of likely N-dealkylation sites (tertiary alicyclic amines) is 1. The van der Waals surface area contributed by atoms with Crippen LogP contribution in [0.15, 0.2) is 24.4 Å². The van der Waals surface area contributed by atoms with E-state index >= 15 is 0 Å². The number of aryl methyl sites for hydroxylation is 3. The number of hydrogen-bond donors (Lipinski definition) is 0. The molecule has 34 heavy (non-hydrogen) atoms. The Balaban J connectivity index is 1.50. The van der Waals surface area contributed by atoms with Gasteiger partial charge < -0.3 is 14.4 Å². The van der Waals surface area contributed by atoms with Crippen molar-refractivity contribution in [3.8, 4) is 5.75 Å². The average molecular weight is 489 g/mol. The van der Waals surface area contributed by atoms with Crippen molar-refractivity contribution in [1.82, 2.24) is 19.6 Å².